The van der Waals surface area contributed by atoms with E-state index in [1.807, 2.05) is 10.9 Å². The molecular formula is C10H17BrN2O. The maximum Gasteiger partial charge on any atom is 0.0899 e. The molecule has 1 aromatic rings. The van der Waals surface area contributed by atoms with Crippen LogP contribution < -0.4 is 0 Å². The fourth-order valence-corrected chi connectivity index (χ4v) is 1.55. The highest BCUT2D eigenvalue weighted by atomic mass is 79.9. The summed E-state index contributed by atoms with van der Waals surface area (Å²) in [4.78, 5) is 0. The largest absolute Gasteiger partial charge is 0.372 e. The molecule has 0 N–H and O–H groups in total. The van der Waals surface area contributed by atoms with Crippen LogP contribution in [0.4, 0.5) is 0 Å². The zero-order chi connectivity index (χ0) is 10.6. The predicted octanol–water partition coefficient (Wildman–Crippen LogP) is 2.98. The number of aryl methyl sites for hydroxylation is 1. The van der Waals surface area contributed by atoms with Crippen LogP contribution in [0.2, 0.25) is 0 Å². The zero-order valence-electron chi connectivity index (χ0n) is 8.96. The van der Waals surface area contributed by atoms with Gasteiger partial charge >= 0.3 is 0 Å². The molecule has 0 bridgehead atoms. The molecule has 1 aromatic heterocycles. The van der Waals surface area contributed by atoms with Gasteiger partial charge in [0.15, 0.2) is 0 Å². The van der Waals surface area contributed by atoms with Crippen LogP contribution in [0.5, 0.6) is 0 Å². The summed E-state index contributed by atoms with van der Waals surface area (Å²) in [6.07, 6.45) is 3.17. The van der Waals surface area contributed by atoms with Gasteiger partial charge in [-0.3, -0.25) is 4.68 Å². The van der Waals surface area contributed by atoms with Gasteiger partial charge in [0.1, 0.15) is 0 Å². The molecule has 1 rings (SSSR count). The van der Waals surface area contributed by atoms with Crippen molar-refractivity contribution in [2.75, 3.05) is 0 Å². The SMILES string of the molecule is CCC(C)OCc1c(Br)cnn1CC. The lowest BCUT2D eigenvalue weighted by molar-refractivity contribution is 0.0464. The Balaban J connectivity index is 2.60. The molecule has 80 valence electrons. The lowest BCUT2D eigenvalue weighted by atomic mass is 10.3. The first-order valence-electron chi connectivity index (χ1n) is 5.00. The van der Waals surface area contributed by atoms with Crippen LogP contribution in [0.15, 0.2) is 10.7 Å². The van der Waals surface area contributed by atoms with Crippen molar-refractivity contribution in [2.24, 2.45) is 0 Å². The fraction of sp³-hybridized carbons (Fsp3) is 0.700. The molecule has 0 aliphatic carbocycles. The van der Waals surface area contributed by atoms with E-state index >= 15 is 0 Å². The molecular weight excluding hydrogens is 244 g/mol. The molecule has 1 heterocycles. The van der Waals surface area contributed by atoms with E-state index in [0.717, 1.165) is 23.1 Å². The van der Waals surface area contributed by atoms with Crippen molar-refractivity contribution in [3.63, 3.8) is 0 Å². The van der Waals surface area contributed by atoms with E-state index in [1.165, 1.54) is 0 Å². The second kappa shape index (κ2) is 5.51. The Morgan fingerprint density at radius 3 is 2.86 bits per heavy atom. The van der Waals surface area contributed by atoms with Crippen molar-refractivity contribution in [1.82, 2.24) is 9.78 Å². The Labute approximate surface area is 93.6 Å². The number of aromatic nitrogens is 2. The Morgan fingerprint density at radius 1 is 1.57 bits per heavy atom. The topological polar surface area (TPSA) is 27.1 Å². The van der Waals surface area contributed by atoms with Crippen molar-refractivity contribution in [3.05, 3.63) is 16.4 Å². The molecule has 0 aliphatic rings. The number of hydrogen-bond donors (Lipinski definition) is 0. The Bertz CT molecular complexity index is 286. The van der Waals surface area contributed by atoms with Crippen LogP contribution in [-0.2, 0) is 17.9 Å². The number of nitrogens with zero attached hydrogens (tertiary/aromatic N) is 2. The molecule has 4 heteroatoms. The lowest BCUT2D eigenvalue weighted by Crippen LogP contribution is -2.10. The molecule has 0 spiro atoms. The summed E-state index contributed by atoms with van der Waals surface area (Å²) >= 11 is 3.47. The first-order valence-corrected chi connectivity index (χ1v) is 5.80. The Morgan fingerprint density at radius 2 is 2.29 bits per heavy atom. The standard InChI is InChI=1S/C10H17BrN2O/c1-4-8(3)14-7-10-9(11)6-12-13(10)5-2/h6,8H,4-5,7H2,1-3H3. The minimum atomic E-state index is 0.308. The van der Waals surface area contributed by atoms with Gasteiger partial charge in [0.25, 0.3) is 0 Å². The second-order valence-electron chi connectivity index (χ2n) is 3.28. The third kappa shape index (κ3) is 2.82. The van der Waals surface area contributed by atoms with E-state index in [2.05, 4.69) is 41.8 Å². The summed E-state index contributed by atoms with van der Waals surface area (Å²) < 4.78 is 8.65. The van der Waals surface area contributed by atoms with Gasteiger partial charge in [0.2, 0.25) is 0 Å². The summed E-state index contributed by atoms with van der Waals surface area (Å²) in [6.45, 7) is 7.79. The molecule has 0 saturated carbocycles. The summed E-state index contributed by atoms with van der Waals surface area (Å²) in [5.41, 5.74) is 1.12. The average Bonchev–Trinajstić information content (AvgIpc) is 2.55. The van der Waals surface area contributed by atoms with Crippen LogP contribution in [0.1, 0.15) is 32.9 Å². The smallest absolute Gasteiger partial charge is 0.0899 e. The molecule has 0 fully saturated rings. The first kappa shape index (κ1) is 11.7. The van der Waals surface area contributed by atoms with Crippen molar-refractivity contribution in [2.45, 2.75) is 46.4 Å². The highest BCUT2D eigenvalue weighted by Crippen LogP contribution is 2.17. The first-order chi connectivity index (χ1) is 6.69. The number of hydrogen-bond acceptors (Lipinski definition) is 2. The van der Waals surface area contributed by atoms with Crippen LogP contribution in [0.25, 0.3) is 0 Å². The zero-order valence-corrected chi connectivity index (χ0v) is 10.5. The van der Waals surface area contributed by atoms with Gasteiger partial charge in [-0.1, -0.05) is 6.92 Å². The maximum absolute atomic E-state index is 5.67. The molecule has 14 heavy (non-hydrogen) atoms. The van der Waals surface area contributed by atoms with Crippen molar-refractivity contribution >= 4 is 15.9 Å². The third-order valence-corrected chi connectivity index (χ3v) is 2.94. The van der Waals surface area contributed by atoms with E-state index < -0.39 is 0 Å². The van der Waals surface area contributed by atoms with Gasteiger partial charge < -0.3 is 4.74 Å². The lowest BCUT2D eigenvalue weighted by Gasteiger charge is -2.11. The Kier molecular flexibility index (Phi) is 4.62. The number of ether oxygens (including phenoxy) is 1. The highest BCUT2D eigenvalue weighted by Gasteiger charge is 2.08. The quantitative estimate of drug-likeness (QED) is 0.814. The number of halogens is 1. The van der Waals surface area contributed by atoms with Crippen LogP contribution in [0, 0.1) is 0 Å². The monoisotopic (exact) mass is 260 g/mol. The van der Waals surface area contributed by atoms with Crippen molar-refractivity contribution < 1.29 is 4.74 Å². The average molecular weight is 261 g/mol. The number of rotatable bonds is 5. The summed E-state index contributed by atoms with van der Waals surface area (Å²) in [7, 11) is 0. The van der Waals surface area contributed by atoms with Gasteiger partial charge in [0.05, 0.1) is 29.1 Å². The molecule has 1 atom stereocenters. The third-order valence-electron chi connectivity index (χ3n) is 2.28. The second-order valence-corrected chi connectivity index (χ2v) is 4.14. The molecule has 0 aliphatic heterocycles. The van der Waals surface area contributed by atoms with Gasteiger partial charge in [-0.15, -0.1) is 0 Å². The molecule has 0 amide bonds. The van der Waals surface area contributed by atoms with Crippen LogP contribution in [0.3, 0.4) is 0 Å². The van der Waals surface area contributed by atoms with E-state index in [-0.39, 0.29) is 0 Å². The van der Waals surface area contributed by atoms with Crippen LogP contribution in [-0.4, -0.2) is 15.9 Å². The molecule has 1 unspecified atom stereocenters. The van der Waals surface area contributed by atoms with Crippen molar-refractivity contribution in [1.29, 1.82) is 0 Å². The minimum Gasteiger partial charge on any atom is -0.372 e. The molecule has 0 aromatic carbocycles. The van der Waals surface area contributed by atoms with Gasteiger partial charge in [-0.25, -0.2) is 0 Å². The van der Waals surface area contributed by atoms with Crippen LogP contribution >= 0.6 is 15.9 Å². The summed E-state index contributed by atoms with van der Waals surface area (Å²) in [6, 6.07) is 0. The summed E-state index contributed by atoms with van der Waals surface area (Å²) in [5, 5.41) is 4.23. The molecule has 3 nitrogen and oxygen atoms in total. The minimum absolute atomic E-state index is 0.308. The van der Waals surface area contributed by atoms with E-state index in [9.17, 15) is 0 Å². The van der Waals surface area contributed by atoms with Gasteiger partial charge in [0, 0.05) is 6.54 Å². The predicted molar refractivity (Wildman–Crippen MR) is 60.1 cm³/mol. The van der Waals surface area contributed by atoms with Gasteiger partial charge in [-0.2, -0.15) is 5.10 Å². The normalized spacial score (nSPS) is 13.1. The molecule has 0 radical (unpaired) electrons. The highest BCUT2D eigenvalue weighted by molar-refractivity contribution is 9.10. The maximum atomic E-state index is 5.67. The fourth-order valence-electron chi connectivity index (χ4n) is 1.14. The van der Waals surface area contributed by atoms with E-state index in [1.54, 1.807) is 0 Å². The van der Waals surface area contributed by atoms with E-state index in [0.29, 0.717) is 12.7 Å². The van der Waals surface area contributed by atoms with Crippen molar-refractivity contribution in [3.8, 4) is 0 Å². The Hall–Kier alpha value is -0.350. The van der Waals surface area contributed by atoms with Gasteiger partial charge in [-0.05, 0) is 36.2 Å². The summed E-state index contributed by atoms with van der Waals surface area (Å²) in [5.74, 6) is 0. The molecule has 0 saturated heterocycles. The van der Waals surface area contributed by atoms with E-state index in [4.69, 9.17) is 4.74 Å².